The van der Waals surface area contributed by atoms with Gasteiger partial charge in [-0.2, -0.15) is 8.75 Å². The lowest BCUT2D eigenvalue weighted by atomic mass is 10.1. The quantitative estimate of drug-likeness (QED) is 0.338. The summed E-state index contributed by atoms with van der Waals surface area (Å²) in [7, 11) is -3.48. The fourth-order valence-electron chi connectivity index (χ4n) is 3.50. The van der Waals surface area contributed by atoms with Gasteiger partial charge in [0.15, 0.2) is 9.84 Å². The van der Waals surface area contributed by atoms with Crippen LogP contribution in [0.4, 0.5) is 11.5 Å². The molecule has 0 spiro atoms. The van der Waals surface area contributed by atoms with Crippen LogP contribution >= 0.6 is 23.3 Å². The lowest BCUT2D eigenvalue weighted by molar-refractivity contribution is 0.595. The van der Waals surface area contributed by atoms with Gasteiger partial charge in [-0.25, -0.2) is 13.4 Å². The highest BCUT2D eigenvalue weighted by Crippen LogP contribution is 2.28. The molecule has 2 heterocycles. The second kappa shape index (κ2) is 8.46. The topological polar surface area (TPSA) is 84.8 Å². The Morgan fingerprint density at radius 3 is 2.72 bits per heavy atom. The van der Waals surface area contributed by atoms with E-state index in [1.165, 1.54) is 0 Å². The molecule has 6 nitrogen and oxygen atoms in total. The van der Waals surface area contributed by atoms with Crippen LogP contribution in [0.15, 0.2) is 77.8 Å². The number of aryl methyl sites for hydroxylation is 1. The number of benzene rings is 3. The minimum Gasteiger partial charge on any atom is -0.340 e. The maximum atomic E-state index is 13.0. The molecule has 0 amide bonds. The normalized spacial score (nSPS) is 11.8. The summed E-state index contributed by atoms with van der Waals surface area (Å²) in [5.74, 6) is 0.617. The van der Waals surface area contributed by atoms with Gasteiger partial charge < -0.3 is 5.32 Å². The number of nitrogens with zero attached hydrogens (tertiary/aromatic N) is 3. The average Bonchev–Trinajstić information content (AvgIpc) is 3.26. The van der Waals surface area contributed by atoms with Crippen LogP contribution < -0.4 is 5.32 Å². The molecule has 0 atom stereocenters. The predicted molar refractivity (Wildman–Crippen MR) is 130 cm³/mol. The number of halogens is 1. The van der Waals surface area contributed by atoms with Gasteiger partial charge in [-0.1, -0.05) is 29.8 Å². The van der Waals surface area contributed by atoms with Gasteiger partial charge in [0.1, 0.15) is 16.9 Å². The highest BCUT2D eigenvalue weighted by atomic mass is 35.5. The Morgan fingerprint density at radius 2 is 1.81 bits per heavy atom. The van der Waals surface area contributed by atoms with Gasteiger partial charge in [0, 0.05) is 22.3 Å². The lowest BCUT2D eigenvalue weighted by Crippen LogP contribution is -2.09. The van der Waals surface area contributed by atoms with E-state index in [4.69, 9.17) is 11.6 Å². The summed E-state index contributed by atoms with van der Waals surface area (Å²) < 4.78 is 34.4. The summed E-state index contributed by atoms with van der Waals surface area (Å²) in [5.41, 5.74) is 3.17. The Bertz CT molecular complexity index is 1550. The molecule has 0 bridgehead atoms. The van der Waals surface area contributed by atoms with Crippen LogP contribution in [0, 0.1) is 0 Å². The maximum absolute atomic E-state index is 13.0. The van der Waals surface area contributed by atoms with Crippen LogP contribution in [-0.2, 0) is 16.3 Å². The van der Waals surface area contributed by atoms with E-state index in [1.807, 2.05) is 48.5 Å². The monoisotopic (exact) mass is 480 g/mol. The molecule has 0 aliphatic heterocycles. The number of anilines is 2. The van der Waals surface area contributed by atoms with Crippen molar-refractivity contribution < 1.29 is 8.42 Å². The van der Waals surface area contributed by atoms with Crippen molar-refractivity contribution in [3.63, 3.8) is 0 Å². The molecular formula is C23H17ClN4O2S2. The summed E-state index contributed by atoms with van der Waals surface area (Å²) in [5, 5.41) is 5.69. The Kier molecular flexibility index (Phi) is 5.50. The fraction of sp³-hybridized carbons (Fsp3) is 0.0870. The lowest BCUT2D eigenvalue weighted by Gasteiger charge is -2.11. The van der Waals surface area contributed by atoms with Crippen molar-refractivity contribution in [3.8, 4) is 0 Å². The summed E-state index contributed by atoms with van der Waals surface area (Å²) in [6, 6.07) is 19.9. The number of rotatable bonds is 6. The van der Waals surface area contributed by atoms with Gasteiger partial charge in [-0.3, -0.25) is 0 Å². The van der Waals surface area contributed by atoms with Crippen molar-refractivity contribution in [3.05, 3.63) is 83.5 Å². The minimum atomic E-state index is -3.48. The van der Waals surface area contributed by atoms with Crippen LogP contribution in [0.25, 0.3) is 21.8 Å². The molecule has 0 unspecified atom stereocenters. The third kappa shape index (κ3) is 4.29. The number of nitrogens with one attached hydrogen (secondary N) is 1. The molecular weight excluding hydrogens is 464 g/mol. The molecule has 0 aliphatic rings. The number of aromatic nitrogens is 3. The fourth-order valence-corrected chi connectivity index (χ4v) is 5.52. The van der Waals surface area contributed by atoms with Gasteiger partial charge in [-0.05, 0) is 65.9 Å². The smallest absolute Gasteiger partial charge is 0.178 e. The van der Waals surface area contributed by atoms with Crippen LogP contribution in [0.3, 0.4) is 0 Å². The first-order valence-electron chi connectivity index (χ1n) is 9.83. The molecule has 160 valence electrons. The number of hydrogen-bond donors (Lipinski definition) is 1. The number of hydrogen-bond acceptors (Lipinski definition) is 7. The molecule has 32 heavy (non-hydrogen) atoms. The van der Waals surface area contributed by atoms with E-state index in [9.17, 15) is 8.42 Å². The standard InChI is InChI=1S/C23H17ClN4O2S2/c24-17-6-5-16-8-10-25-23(20(16)13-17)26-18-2-1-3-19(14-18)32(29,30)11-9-15-4-7-21-22(12-15)28-31-27-21/h1-8,10,12-14H,9,11H2,(H,25,26). The summed E-state index contributed by atoms with van der Waals surface area (Å²) in [4.78, 5) is 4.66. The van der Waals surface area contributed by atoms with E-state index in [-0.39, 0.29) is 10.6 Å². The van der Waals surface area contributed by atoms with Gasteiger partial charge in [0.25, 0.3) is 0 Å². The van der Waals surface area contributed by atoms with E-state index in [2.05, 4.69) is 19.0 Å². The first-order chi connectivity index (χ1) is 15.5. The minimum absolute atomic E-state index is 0.00164. The molecule has 0 aliphatic carbocycles. The third-order valence-corrected chi connectivity index (χ3v) is 7.67. The molecule has 2 aromatic heterocycles. The van der Waals surface area contributed by atoms with Crippen molar-refractivity contribution >= 4 is 66.5 Å². The van der Waals surface area contributed by atoms with Crippen LogP contribution in [0.1, 0.15) is 5.56 Å². The second-order valence-electron chi connectivity index (χ2n) is 7.33. The Balaban J connectivity index is 1.37. The molecule has 1 N–H and O–H groups in total. The zero-order valence-corrected chi connectivity index (χ0v) is 19.1. The molecule has 5 aromatic rings. The van der Waals surface area contributed by atoms with Crippen molar-refractivity contribution in [2.24, 2.45) is 0 Å². The summed E-state index contributed by atoms with van der Waals surface area (Å²) >= 11 is 7.30. The molecule has 3 aromatic carbocycles. The zero-order valence-electron chi connectivity index (χ0n) is 16.7. The Morgan fingerprint density at radius 1 is 0.938 bits per heavy atom. The predicted octanol–water partition coefficient (Wildman–Crippen LogP) is 5.65. The van der Waals surface area contributed by atoms with E-state index in [0.717, 1.165) is 39.1 Å². The third-order valence-electron chi connectivity index (χ3n) is 5.16. The number of pyridine rings is 1. The van der Waals surface area contributed by atoms with Crippen LogP contribution in [0.5, 0.6) is 0 Å². The van der Waals surface area contributed by atoms with Crippen LogP contribution in [0.2, 0.25) is 5.02 Å². The average molecular weight is 481 g/mol. The van der Waals surface area contributed by atoms with E-state index in [1.54, 1.807) is 24.4 Å². The molecule has 0 radical (unpaired) electrons. The van der Waals surface area contributed by atoms with E-state index < -0.39 is 9.84 Å². The first-order valence-corrected chi connectivity index (χ1v) is 12.6. The van der Waals surface area contributed by atoms with Crippen molar-refractivity contribution in [2.45, 2.75) is 11.3 Å². The molecule has 9 heteroatoms. The molecule has 0 fully saturated rings. The highest BCUT2D eigenvalue weighted by molar-refractivity contribution is 7.91. The Labute approximate surface area is 194 Å². The maximum Gasteiger partial charge on any atom is 0.178 e. The van der Waals surface area contributed by atoms with Gasteiger partial charge in [0.05, 0.1) is 22.4 Å². The largest absolute Gasteiger partial charge is 0.340 e. The van der Waals surface area contributed by atoms with Crippen molar-refractivity contribution in [1.82, 2.24) is 13.7 Å². The van der Waals surface area contributed by atoms with Gasteiger partial charge in [0.2, 0.25) is 0 Å². The van der Waals surface area contributed by atoms with Gasteiger partial charge in [-0.15, -0.1) is 0 Å². The van der Waals surface area contributed by atoms with Gasteiger partial charge >= 0.3 is 0 Å². The number of sulfone groups is 1. The first kappa shape index (κ1) is 20.8. The Hall–Kier alpha value is -3.07. The van der Waals surface area contributed by atoms with E-state index in [0.29, 0.717) is 22.9 Å². The second-order valence-corrected chi connectivity index (χ2v) is 10.4. The number of fused-ring (bicyclic) bond motifs is 2. The highest BCUT2D eigenvalue weighted by Gasteiger charge is 2.16. The zero-order chi connectivity index (χ0) is 22.1. The van der Waals surface area contributed by atoms with Crippen molar-refractivity contribution in [1.29, 1.82) is 0 Å². The summed E-state index contributed by atoms with van der Waals surface area (Å²) in [6.45, 7) is 0. The molecule has 0 saturated heterocycles. The van der Waals surface area contributed by atoms with Crippen LogP contribution in [-0.4, -0.2) is 27.9 Å². The van der Waals surface area contributed by atoms with Crippen molar-refractivity contribution in [2.75, 3.05) is 11.1 Å². The summed E-state index contributed by atoms with van der Waals surface area (Å²) in [6.07, 6.45) is 2.10. The van der Waals surface area contributed by atoms with E-state index >= 15 is 0 Å². The SMILES string of the molecule is O=S(=O)(CCc1ccc2nsnc2c1)c1cccc(Nc2nccc3ccc(Cl)cc23)c1. The molecule has 0 saturated carbocycles. The molecule has 5 rings (SSSR count).